The first kappa shape index (κ1) is 16.5. The van der Waals surface area contributed by atoms with Crippen molar-refractivity contribution < 1.29 is 13.2 Å². The lowest BCUT2D eigenvalue weighted by Gasteiger charge is -2.22. The first-order chi connectivity index (χ1) is 11.0. The monoisotopic (exact) mass is 351 g/mol. The van der Waals surface area contributed by atoms with E-state index in [4.69, 9.17) is 4.74 Å². The van der Waals surface area contributed by atoms with Crippen LogP contribution in [0.15, 0.2) is 40.6 Å². The summed E-state index contributed by atoms with van der Waals surface area (Å²) in [4.78, 5) is 1.57. The fourth-order valence-electron chi connectivity index (χ4n) is 2.68. The molecule has 1 fully saturated rings. The number of rotatable bonds is 7. The van der Waals surface area contributed by atoms with Crippen molar-refractivity contribution in [2.75, 3.05) is 13.7 Å². The summed E-state index contributed by atoms with van der Waals surface area (Å²) in [7, 11) is -1.86. The highest BCUT2D eigenvalue weighted by Gasteiger charge is 2.37. The van der Waals surface area contributed by atoms with Crippen LogP contribution in [-0.4, -0.2) is 32.4 Å². The SMILES string of the molecule is COc1ccc(S(=O)(=O)N(CCc2cccs2)C2CC2)cc1C. The number of thiophene rings is 1. The van der Waals surface area contributed by atoms with E-state index in [2.05, 4.69) is 6.07 Å². The molecule has 1 aromatic heterocycles. The number of sulfonamides is 1. The van der Waals surface area contributed by atoms with E-state index in [1.807, 2.05) is 18.4 Å². The zero-order valence-electron chi connectivity index (χ0n) is 13.4. The standard InChI is InChI=1S/C17H21NO3S2/c1-13-12-16(7-8-17(13)21-2)23(19,20)18(14-5-6-14)10-9-15-4-3-11-22-15/h3-4,7-8,11-12,14H,5-6,9-10H2,1-2H3. The maximum Gasteiger partial charge on any atom is 0.243 e. The van der Waals surface area contributed by atoms with Crippen LogP contribution in [0, 0.1) is 6.92 Å². The van der Waals surface area contributed by atoms with Crippen LogP contribution in [0.25, 0.3) is 0 Å². The van der Waals surface area contributed by atoms with Crippen molar-refractivity contribution in [3.63, 3.8) is 0 Å². The lowest BCUT2D eigenvalue weighted by atomic mass is 10.2. The molecule has 1 aromatic carbocycles. The second-order valence-corrected chi connectivity index (χ2v) is 8.73. The lowest BCUT2D eigenvalue weighted by Crippen LogP contribution is -2.34. The Bertz CT molecular complexity index is 765. The van der Waals surface area contributed by atoms with Crippen LogP contribution in [0.1, 0.15) is 23.3 Å². The third kappa shape index (κ3) is 3.59. The van der Waals surface area contributed by atoms with Crippen molar-refractivity contribution in [1.82, 2.24) is 4.31 Å². The zero-order chi connectivity index (χ0) is 16.4. The molecule has 6 heteroatoms. The van der Waals surface area contributed by atoms with Gasteiger partial charge in [0.1, 0.15) is 5.75 Å². The molecule has 0 bridgehead atoms. The van der Waals surface area contributed by atoms with Gasteiger partial charge < -0.3 is 4.74 Å². The molecule has 0 amide bonds. The molecule has 1 aliphatic rings. The van der Waals surface area contributed by atoms with Crippen LogP contribution in [0.3, 0.4) is 0 Å². The normalized spacial score (nSPS) is 15.1. The smallest absolute Gasteiger partial charge is 0.243 e. The Morgan fingerprint density at radius 1 is 1.30 bits per heavy atom. The summed E-state index contributed by atoms with van der Waals surface area (Å²) in [6.45, 7) is 2.41. The van der Waals surface area contributed by atoms with E-state index in [9.17, 15) is 8.42 Å². The highest BCUT2D eigenvalue weighted by atomic mass is 32.2. The van der Waals surface area contributed by atoms with Gasteiger partial charge in [0.05, 0.1) is 12.0 Å². The highest BCUT2D eigenvalue weighted by Crippen LogP contribution is 2.33. The van der Waals surface area contributed by atoms with Crippen LogP contribution in [-0.2, 0) is 16.4 Å². The van der Waals surface area contributed by atoms with Crippen LogP contribution in [0.2, 0.25) is 0 Å². The molecule has 0 radical (unpaired) electrons. The molecule has 1 saturated carbocycles. The van der Waals surface area contributed by atoms with Crippen molar-refractivity contribution in [3.8, 4) is 5.75 Å². The Hall–Kier alpha value is -1.37. The molecular formula is C17H21NO3S2. The van der Waals surface area contributed by atoms with Gasteiger partial charge in [0.2, 0.25) is 10.0 Å². The van der Waals surface area contributed by atoms with Gasteiger partial charge in [0, 0.05) is 17.5 Å². The van der Waals surface area contributed by atoms with Crippen LogP contribution in [0.4, 0.5) is 0 Å². The molecule has 0 aliphatic heterocycles. The Labute approximate surface area is 141 Å². The Morgan fingerprint density at radius 2 is 2.09 bits per heavy atom. The van der Waals surface area contributed by atoms with Gasteiger partial charge in [0.25, 0.3) is 0 Å². The van der Waals surface area contributed by atoms with Gasteiger partial charge in [-0.15, -0.1) is 11.3 Å². The fourth-order valence-corrected chi connectivity index (χ4v) is 5.15. The number of benzene rings is 1. The Balaban J connectivity index is 1.84. The average molecular weight is 351 g/mol. The molecule has 2 aromatic rings. The van der Waals surface area contributed by atoms with Crippen molar-refractivity contribution in [1.29, 1.82) is 0 Å². The lowest BCUT2D eigenvalue weighted by molar-refractivity contribution is 0.405. The largest absolute Gasteiger partial charge is 0.496 e. The Morgan fingerprint density at radius 3 is 2.65 bits per heavy atom. The van der Waals surface area contributed by atoms with Crippen molar-refractivity contribution in [3.05, 3.63) is 46.2 Å². The predicted octanol–water partition coefficient (Wildman–Crippen LogP) is 3.46. The molecule has 124 valence electrons. The van der Waals surface area contributed by atoms with E-state index in [1.165, 1.54) is 4.88 Å². The summed E-state index contributed by atoms with van der Waals surface area (Å²) in [5.74, 6) is 0.709. The fraction of sp³-hybridized carbons (Fsp3) is 0.412. The van der Waals surface area contributed by atoms with Crippen molar-refractivity contribution in [2.24, 2.45) is 0 Å². The molecule has 0 spiro atoms. The molecule has 23 heavy (non-hydrogen) atoms. The van der Waals surface area contributed by atoms with E-state index >= 15 is 0 Å². The average Bonchev–Trinajstić information content (AvgIpc) is 3.22. The zero-order valence-corrected chi connectivity index (χ0v) is 15.0. The van der Waals surface area contributed by atoms with Gasteiger partial charge in [-0.05, 0) is 61.4 Å². The Kier molecular flexibility index (Phi) is 4.75. The van der Waals surface area contributed by atoms with Gasteiger partial charge in [-0.3, -0.25) is 0 Å². The minimum absolute atomic E-state index is 0.155. The van der Waals surface area contributed by atoms with E-state index in [0.29, 0.717) is 17.2 Å². The summed E-state index contributed by atoms with van der Waals surface area (Å²) in [5.41, 5.74) is 0.836. The summed E-state index contributed by atoms with van der Waals surface area (Å²) in [5, 5.41) is 2.03. The van der Waals surface area contributed by atoms with Crippen LogP contribution >= 0.6 is 11.3 Å². The molecule has 0 unspecified atom stereocenters. The third-order valence-electron chi connectivity index (χ3n) is 4.09. The van der Waals surface area contributed by atoms with E-state index in [-0.39, 0.29) is 6.04 Å². The summed E-state index contributed by atoms with van der Waals surface area (Å²) < 4.78 is 32.9. The minimum Gasteiger partial charge on any atom is -0.496 e. The molecule has 1 heterocycles. The van der Waals surface area contributed by atoms with Gasteiger partial charge in [0.15, 0.2) is 0 Å². The maximum atomic E-state index is 13.0. The number of nitrogens with zero attached hydrogens (tertiary/aromatic N) is 1. The van der Waals surface area contributed by atoms with Gasteiger partial charge in [-0.25, -0.2) is 8.42 Å². The summed E-state index contributed by atoms with van der Waals surface area (Å²) >= 11 is 1.67. The number of aryl methyl sites for hydroxylation is 1. The highest BCUT2D eigenvalue weighted by molar-refractivity contribution is 7.89. The molecule has 4 nitrogen and oxygen atoms in total. The summed E-state index contributed by atoms with van der Waals surface area (Å²) in [6, 6.07) is 9.29. The number of methoxy groups -OCH3 is 1. The molecule has 1 aliphatic carbocycles. The molecule has 0 atom stereocenters. The van der Waals surface area contributed by atoms with Crippen LogP contribution < -0.4 is 4.74 Å². The van der Waals surface area contributed by atoms with Gasteiger partial charge in [-0.1, -0.05) is 6.07 Å². The molecule has 3 rings (SSSR count). The number of hydrogen-bond acceptors (Lipinski definition) is 4. The molecule has 0 saturated heterocycles. The van der Waals surface area contributed by atoms with Crippen molar-refractivity contribution in [2.45, 2.75) is 37.1 Å². The second-order valence-electron chi connectivity index (χ2n) is 5.81. The van der Waals surface area contributed by atoms with E-state index < -0.39 is 10.0 Å². The summed E-state index contributed by atoms with van der Waals surface area (Å²) in [6.07, 6.45) is 2.68. The molecule has 0 N–H and O–H groups in total. The number of hydrogen-bond donors (Lipinski definition) is 0. The quantitative estimate of drug-likeness (QED) is 0.767. The topological polar surface area (TPSA) is 46.6 Å². The van der Waals surface area contributed by atoms with Crippen LogP contribution in [0.5, 0.6) is 5.75 Å². The predicted molar refractivity (Wildman–Crippen MR) is 92.7 cm³/mol. The second kappa shape index (κ2) is 6.63. The first-order valence-electron chi connectivity index (χ1n) is 7.71. The molecular weight excluding hydrogens is 330 g/mol. The third-order valence-corrected chi connectivity index (χ3v) is 6.97. The van der Waals surface area contributed by atoms with Crippen molar-refractivity contribution >= 4 is 21.4 Å². The maximum absolute atomic E-state index is 13.0. The van der Waals surface area contributed by atoms with Gasteiger partial charge >= 0.3 is 0 Å². The minimum atomic E-state index is -3.46. The van der Waals surface area contributed by atoms with E-state index in [0.717, 1.165) is 24.8 Å². The first-order valence-corrected chi connectivity index (χ1v) is 10.0. The van der Waals surface area contributed by atoms with E-state index in [1.54, 1.807) is 41.0 Å². The van der Waals surface area contributed by atoms with Gasteiger partial charge in [-0.2, -0.15) is 4.31 Å². The number of ether oxygens (including phenoxy) is 1.